The normalized spacial score (nSPS) is 16.2. The number of rotatable bonds is 4. The van der Waals surface area contributed by atoms with Crippen molar-refractivity contribution in [2.24, 2.45) is 0 Å². The zero-order valence-corrected chi connectivity index (χ0v) is 40.8. The molecule has 2 heteroatoms. The SMILES string of the molecule is CC(C)(C)c1ccc(-c2cc3cc4c(cc3cc2-c2ccc(C(C)(C)C)cc2)C2C(=O)C(=O)C4c3cc4cc(-c5ccc(C(C)(C)C)cc5)c(-c5ccc(C(C)(C)C)cc5)cc4cc32)cc1. The summed E-state index contributed by atoms with van der Waals surface area (Å²) in [6.45, 7) is 27.0. The fourth-order valence-corrected chi connectivity index (χ4v) is 10.5. The number of fused-ring (bicyclic) bond motifs is 3. The lowest BCUT2D eigenvalue weighted by Gasteiger charge is -2.38. The predicted molar refractivity (Wildman–Crippen MR) is 278 cm³/mol. The summed E-state index contributed by atoms with van der Waals surface area (Å²) < 4.78 is 0. The summed E-state index contributed by atoms with van der Waals surface area (Å²) in [5, 5.41) is 4.27. The number of hydrogen-bond acceptors (Lipinski definition) is 2. The third kappa shape index (κ3) is 7.44. The molecule has 0 aliphatic heterocycles. The molecule has 66 heavy (non-hydrogen) atoms. The van der Waals surface area contributed by atoms with Crippen LogP contribution in [0.25, 0.3) is 66.1 Å². The van der Waals surface area contributed by atoms with Gasteiger partial charge < -0.3 is 0 Å². The zero-order valence-electron chi connectivity index (χ0n) is 40.8. The lowest BCUT2D eigenvalue weighted by molar-refractivity contribution is -0.138. The molecule has 2 nitrogen and oxygen atoms in total. The maximum atomic E-state index is 14.3. The minimum absolute atomic E-state index is 0.0391. The number of Topliss-reactive ketones (excluding diaryl/α,β-unsaturated/α-hetero) is 2. The highest BCUT2D eigenvalue weighted by Gasteiger charge is 2.49. The molecule has 0 fully saturated rings. The van der Waals surface area contributed by atoms with Gasteiger partial charge in [-0.3, -0.25) is 9.59 Å². The Bertz CT molecular complexity index is 2830. The second-order valence-electron chi connectivity index (χ2n) is 23.4. The Balaban J connectivity index is 1.15. The summed E-state index contributed by atoms with van der Waals surface area (Å²) in [5.74, 6) is -1.92. The second-order valence-corrected chi connectivity index (χ2v) is 23.4. The van der Waals surface area contributed by atoms with Crippen LogP contribution in [0.4, 0.5) is 0 Å². The van der Waals surface area contributed by atoms with Crippen LogP contribution in [0.3, 0.4) is 0 Å². The molecule has 0 aromatic heterocycles. The molecule has 0 unspecified atom stereocenters. The molecule has 0 heterocycles. The highest BCUT2D eigenvalue weighted by Crippen LogP contribution is 2.53. The minimum atomic E-state index is -0.653. The Morgan fingerprint density at radius 3 is 0.621 bits per heavy atom. The van der Waals surface area contributed by atoms with Gasteiger partial charge in [-0.15, -0.1) is 0 Å². The van der Waals surface area contributed by atoms with Gasteiger partial charge in [0.05, 0.1) is 11.8 Å². The van der Waals surface area contributed by atoms with Crippen molar-refractivity contribution in [1.29, 1.82) is 0 Å². The highest BCUT2D eigenvalue weighted by atomic mass is 16.2. The van der Waals surface area contributed by atoms with E-state index in [2.05, 4.69) is 229 Å². The van der Waals surface area contributed by atoms with E-state index in [0.717, 1.165) is 88.3 Å². The number of carbonyl (C=O) groups excluding carboxylic acids is 2. The van der Waals surface area contributed by atoms with Crippen LogP contribution in [0, 0.1) is 0 Å². The van der Waals surface area contributed by atoms with E-state index in [4.69, 9.17) is 0 Å². The summed E-state index contributed by atoms with van der Waals surface area (Å²) in [7, 11) is 0. The number of benzene rings is 8. The average molecular weight is 863 g/mol. The van der Waals surface area contributed by atoms with Crippen LogP contribution in [-0.2, 0) is 31.2 Å². The van der Waals surface area contributed by atoms with Crippen molar-refractivity contribution < 1.29 is 9.59 Å². The first-order valence-electron chi connectivity index (χ1n) is 23.8. The van der Waals surface area contributed by atoms with E-state index in [1.165, 1.54) is 22.3 Å². The highest BCUT2D eigenvalue weighted by molar-refractivity contribution is 6.45. The molecule has 3 aliphatic carbocycles. The third-order valence-corrected chi connectivity index (χ3v) is 14.6. The van der Waals surface area contributed by atoms with E-state index in [9.17, 15) is 9.59 Å². The molecule has 0 atom stereocenters. The Labute approximate surface area is 392 Å². The average Bonchev–Trinajstić information content (AvgIpc) is 3.27. The largest absolute Gasteiger partial charge is 0.290 e. The van der Waals surface area contributed by atoms with E-state index in [1.807, 2.05) is 0 Å². The molecule has 0 spiro atoms. The van der Waals surface area contributed by atoms with Gasteiger partial charge in [0.15, 0.2) is 0 Å². The van der Waals surface area contributed by atoms with Gasteiger partial charge in [0, 0.05) is 0 Å². The summed E-state index contributed by atoms with van der Waals surface area (Å²) in [6, 6.07) is 54.1. The molecule has 330 valence electrons. The topological polar surface area (TPSA) is 34.1 Å². The van der Waals surface area contributed by atoms with Crippen LogP contribution in [0.15, 0.2) is 146 Å². The number of ketones is 2. The van der Waals surface area contributed by atoms with Crippen LogP contribution in [0.1, 0.15) is 139 Å². The quantitative estimate of drug-likeness (QED) is 0.165. The number of carbonyl (C=O) groups is 2. The first-order valence-corrected chi connectivity index (χ1v) is 23.8. The van der Waals surface area contributed by atoms with Crippen LogP contribution in [0.5, 0.6) is 0 Å². The van der Waals surface area contributed by atoms with Gasteiger partial charge in [-0.05, 0) is 181 Å². The van der Waals surface area contributed by atoms with Crippen molar-refractivity contribution in [3.63, 3.8) is 0 Å². The first kappa shape index (κ1) is 43.5. The number of hydrogen-bond donors (Lipinski definition) is 0. The van der Waals surface area contributed by atoms with Crippen LogP contribution >= 0.6 is 0 Å². The van der Waals surface area contributed by atoms with Gasteiger partial charge in [0.2, 0.25) is 11.6 Å². The molecule has 11 rings (SSSR count). The molecule has 8 aromatic carbocycles. The zero-order chi connectivity index (χ0) is 46.8. The van der Waals surface area contributed by atoms with Crippen molar-refractivity contribution in [3.8, 4) is 44.5 Å². The van der Waals surface area contributed by atoms with E-state index < -0.39 is 11.8 Å². The van der Waals surface area contributed by atoms with Crippen molar-refractivity contribution in [2.75, 3.05) is 0 Å². The smallest absolute Gasteiger partial charge is 0.211 e. The van der Waals surface area contributed by atoms with Gasteiger partial charge in [-0.2, -0.15) is 0 Å². The molecule has 0 amide bonds. The summed E-state index contributed by atoms with van der Waals surface area (Å²) in [4.78, 5) is 28.6. The summed E-state index contributed by atoms with van der Waals surface area (Å²) in [6.07, 6.45) is 0. The molecule has 8 aromatic rings. The Morgan fingerprint density at radius 1 is 0.273 bits per heavy atom. The van der Waals surface area contributed by atoms with Crippen LogP contribution < -0.4 is 0 Å². The van der Waals surface area contributed by atoms with Gasteiger partial charge in [-0.25, -0.2) is 0 Å². The maximum Gasteiger partial charge on any atom is 0.211 e. The van der Waals surface area contributed by atoms with Crippen LogP contribution in [0.2, 0.25) is 0 Å². The molecule has 0 saturated heterocycles. The van der Waals surface area contributed by atoms with E-state index in [1.54, 1.807) is 0 Å². The molecule has 3 aliphatic rings. The Morgan fingerprint density at radius 2 is 0.455 bits per heavy atom. The van der Waals surface area contributed by atoms with Crippen LogP contribution in [-0.4, -0.2) is 11.6 Å². The van der Waals surface area contributed by atoms with Crippen molar-refractivity contribution in [2.45, 2.75) is 117 Å². The van der Waals surface area contributed by atoms with Gasteiger partial charge in [0.1, 0.15) is 0 Å². The minimum Gasteiger partial charge on any atom is -0.290 e. The van der Waals surface area contributed by atoms with Gasteiger partial charge >= 0.3 is 0 Å². The molecule has 0 saturated carbocycles. The third-order valence-electron chi connectivity index (χ3n) is 14.6. The molecule has 0 N–H and O–H groups in total. The molecule has 0 radical (unpaired) electrons. The van der Waals surface area contributed by atoms with E-state index in [-0.39, 0.29) is 33.2 Å². The van der Waals surface area contributed by atoms with Gasteiger partial charge in [-0.1, -0.05) is 180 Å². The Hall–Kier alpha value is -6.38. The van der Waals surface area contributed by atoms with Crippen molar-refractivity contribution >= 4 is 33.1 Å². The lowest BCUT2D eigenvalue weighted by Crippen LogP contribution is -2.40. The van der Waals surface area contributed by atoms with Gasteiger partial charge in [0.25, 0.3) is 0 Å². The van der Waals surface area contributed by atoms with E-state index in [0.29, 0.717) is 0 Å². The first-order chi connectivity index (χ1) is 31.0. The monoisotopic (exact) mass is 862 g/mol. The maximum absolute atomic E-state index is 14.3. The Kier molecular flexibility index (Phi) is 9.94. The fourth-order valence-electron chi connectivity index (χ4n) is 10.5. The van der Waals surface area contributed by atoms with Crippen molar-refractivity contribution in [1.82, 2.24) is 0 Å². The fraction of sp³-hybridized carbons (Fsp3) is 0.281. The predicted octanol–water partition coefficient (Wildman–Crippen LogP) is 16.6. The molecule has 2 bridgehead atoms. The summed E-state index contributed by atoms with van der Waals surface area (Å²) >= 11 is 0. The molecular weight excluding hydrogens is 801 g/mol. The standard InChI is InChI=1S/C64H62O2/c1-61(2,3)45-21-13-37(14-22-45)49-29-41-33-53-54(34-42(41)30-50(49)38-15-23-46(24-16-38)62(4,5)6)58-56-36-44-32-52(40-19-27-48(28-20-40)64(10,11)12)51(39-17-25-47(26-18-39)63(7,8)9)31-43(44)35-55(56)57(53)59(65)60(58)66/h13-36,57-58H,1-12H3. The van der Waals surface area contributed by atoms with E-state index >= 15 is 0 Å². The lowest BCUT2D eigenvalue weighted by atomic mass is 9.61. The van der Waals surface area contributed by atoms with Crippen molar-refractivity contribution in [3.05, 3.63) is 190 Å². The second kappa shape index (κ2) is 15.1. The molecular formula is C64H62O2. The summed E-state index contributed by atoms with van der Waals surface area (Å²) in [5.41, 5.74) is 18.3.